The first-order chi connectivity index (χ1) is 49.7. The van der Waals surface area contributed by atoms with Crippen LogP contribution in [0.15, 0.2) is 134 Å². The van der Waals surface area contributed by atoms with E-state index in [9.17, 15) is 43.2 Å². The summed E-state index contributed by atoms with van der Waals surface area (Å²) < 4.78 is 68.5. The number of hydrogen-bond donors (Lipinski definition) is 3. The maximum atomic E-state index is 13.1. The van der Waals surface area contributed by atoms with Crippen molar-refractivity contribution in [2.75, 3.05) is 39.6 Å². The molecule has 0 heterocycles. The summed E-state index contributed by atoms with van der Waals surface area (Å²) in [6.07, 6.45) is 82.9. The van der Waals surface area contributed by atoms with Gasteiger partial charge in [-0.3, -0.25) is 37.3 Å². The number of aliphatic hydroxyl groups is 1. The van der Waals surface area contributed by atoms with Gasteiger partial charge in [-0.1, -0.05) is 283 Å². The molecule has 5 atom stereocenters. The van der Waals surface area contributed by atoms with Crippen molar-refractivity contribution >= 4 is 39.5 Å². The van der Waals surface area contributed by atoms with Crippen LogP contribution in [0, 0.1) is 0 Å². The van der Waals surface area contributed by atoms with E-state index in [1.807, 2.05) is 0 Å². The number of hydrogen-bond acceptors (Lipinski definition) is 15. The van der Waals surface area contributed by atoms with Crippen LogP contribution in [0.2, 0.25) is 0 Å². The lowest BCUT2D eigenvalue weighted by molar-refractivity contribution is -0.161. The Hall–Kier alpha value is -4.80. The van der Waals surface area contributed by atoms with Crippen molar-refractivity contribution in [3.63, 3.8) is 0 Å². The molecule has 17 nitrogen and oxygen atoms in total. The molecule has 0 radical (unpaired) electrons. The molecule has 0 saturated carbocycles. The smallest absolute Gasteiger partial charge is 0.462 e. The number of aliphatic hydroxyl groups excluding tert-OH is 1. The molecule has 0 saturated heterocycles. The Labute approximate surface area is 618 Å². The maximum absolute atomic E-state index is 13.1. The first kappa shape index (κ1) is 97.2. The highest BCUT2D eigenvalue weighted by Gasteiger charge is 2.30. The predicted octanol–water partition coefficient (Wildman–Crippen LogP) is 22.9. The fraction of sp³-hybridized carbons (Fsp3) is 0.687. The second-order valence-corrected chi connectivity index (χ2v) is 28.8. The Bertz CT molecular complexity index is 2460. The van der Waals surface area contributed by atoms with E-state index in [1.165, 1.54) is 51.4 Å². The van der Waals surface area contributed by atoms with E-state index in [-0.39, 0.29) is 25.7 Å². The van der Waals surface area contributed by atoms with Gasteiger partial charge in [0.15, 0.2) is 12.2 Å². The van der Waals surface area contributed by atoms with Crippen LogP contribution in [0.3, 0.4) is 0 Å². The van der Waals surface area contributed by atoms with E-state index in [0.717, 1.165) is 180 Å². The van der Waals surface area contributed by atoms with Crippen LogP contribution in [-0.4, -0.2) is 96.7 Å². The first-order valence-corrected chi connectivity index (χ1v) is 42.4. The Morgan fingerprint density at radius 2 is 0.510 bits per heavy atom. The van der Waals surface area contributed by atoms with Gasteiger partial charge in [-0.15, -0.1) is 0 Å². The van der Waals surface area contributed by atoms with Gasteiger partial charge in [0.05, 0.1) is 26.4 Å². The van der Waals surface area contributed by atoms with Crippen LogP contribution in [0.1, 0.15) is 310 Å². The molecule has 0 rings (SSSR count). The lowest BCUT2D eigenvalue weighted by Crippen LogP contribution is -2.30. The zero-order valence-corrected chi connectivity index (χ0v) is 65.5. The van der Waals surface area contributed by atoms with E-state index < -0.39 is 97.5 Å². The minimum Gasteiger partial charge on any atom is -0.462 e. The number of unbranched alkanes of at least 4 members (excludes halogenated alkanes) is 25. The van der Waals surface area contributed by atoms with E-state index in [0.29, 0.717) is 25.7 Å². The van der Waals surface area contributed by atoms with Crippen LogP contribution in [-0.2, 0) is 65.4 Å². The number of esters is 4. The number of carbonyl (C=O) groups is 4. The Balaban J connectivity index is 5.41. The van der Waals surface area contributed by atoms with Crippen molar-refractivity contribution < 1.29 is 80.2 Å². The van der Waals surface area contributed by atoms with Gasteiger partial charge in [-0.05, 0) is 135 Å². The molecule has 102 heavy (non-hydrogen) atoms. The Kier molecular flexibility index (Phi) is 71.0. The van der Waals surface area contributed by atoms with Gasteiger partial charge in [-0.25, -0.2) is 9.13 Å². The van der Waals surface area contributed by atoms with Crippen molar-refractivity contribution in [1.82, 2.24) is 0 Å². The summed E-state index contributed by atoms with van der Waals surface area (Å²) in [6.45, 7) is 4.47. The first-order valence-electron chi connectivity index (χ1n) is 39.4. The van der Waals surface area contributed by atoms with Crippen LogP contribution in [0.25, 0.3) is 0 Å². The highest BCUT2D eigenvalue weighted by molar-refractivity contribution is 7.47. The van der Waals surface area contributed by atoms with E-state index in [4.69, 9.17) is 37.0 Å². The third-order valence-corrected chi connectivity index (χ3v) is 18.0. The number of phosphoric ester groups is 2. The second-order valence-electron chi connectivity index (χ2n) is 25.9. The van der Waals surface area contributed by atoms with Gasteiger partial charge < -0.3 is 33.8 Å². The summed E-state index contributed by atoms with van der Waals surface area (Å²) in [5.41, 5.74) is 0. The summed E-state index contributed by atoms with van der Waals surface area (Å²) in [5.74, 6) is -2.24. The topological polar surface area (TPSA) is 237 Å². The number of carbonyl (C=O) groups excluding carboxylic acids is 4. The molecule has 19 heteroatoms. The normalized spacial score (nSPS) is 14.6. The maximum Gasteiger partial charge on any atom is 0.472 e. The average Bonchev–Trinajstić information content (AvgIpc) is 0.959. The molecule has 3 N–H and O–H groups in total. The van der Waals surface area contributed by atoms with E-state index in [1.54, 1.807) is 0 Å². The van der Waals surface area contributed by atoms with E-state index >= 15 is 0 Å². The van der Waals surface area contributed by atoms with Gasteiger partial charge in [0, 0.05) is 25.7 Å². The second kappa shape index (κ2) is 74.5. The van der Waals surface area contributed by atoms with Gasteiger partial charge in [0.25, 0.3) is 0 Å². The van der Waals surface area contributed by atoms with Crippen molar-refractivity contribution in [3.05, 3.63) is 134 Å². The minimum atomic E-state index is -4.99. The summed E-state index contributed by atoms with van der Waals surface area (Å²) in [6, 6.07) is 0. The van der Waals surface area contributed by atoms with Gasteiger partial charge in [0.2, 0.25) is 0 Å². The quantitative estimate of drug-likeness (QED) is 0.0169. The largest absolute Gasteiger partial charge is 0.472 e. The molecular weight excluding hydrogens is 1330 g/mol. The molecule has 0 aliphatic carbocycles. The molecule has 0 aromatic carbocycles. The van der Waals surface area contributed by atoms with Crippen molar-refractivity contribution in [3.8, 4) is 0 Å². The molecule has 0 aromatic rings. The molecule has 584 valence electrons. The van der Waals surface area contributed by atoms with Gasteiger partial charge >= 0.3 is 39.5 Å². The fourth-order valence-electron chi connectivity index (χ4n) is 10.2. The lowest BCUT2D eigenvalue weighted by Gasteiger charge is -2.21. The summed E-state index contributed by atoms with van der Waals surface area (Å²) in [5, 5.41) is 10.6. The zero-order chi connectivity index (χ0) is 74.6. The molecule has 0 aliphatic heterocycles. The molecule has 0 spiro atoms. The molecular formula is C83H140O17P2. The molecule has 5 unspecified atom stereocenters. The van der Waals surface area contributed by atoms with Crippen molar-refractivity contribution in [2.45, 2.75) is 329 Å². The molecule has 0 amide bonds. The predicted molar refractivity (Wildman–Crippen MR) is 418 cm³/mol. The highest BCUT2D eigenvalue weighted by Crippen LogP contribution is 2.45. The van der Waals surface area contributed by atoms with Crippen LogP contribution >= 0.6 is 15.6 Å². The van der Waals surface area contributed by atoms with Gasteiger partial charge in [0.1, 0.15) is 19.3 Å². The van der Waals surface area contributed by atoms with Crippen LogP contribution < -0.4 is 0 Å². The van der Waals surface area contributed by atoms with Crippen LogP contribution in [0.5, 0.6) is 0 Å². The molecule has 0 fully saturated rings. The van der Waals surface area contributed by atoms with E-state index in [2.05, 4.69) is 161 Å². The Morgan fingerprint density at radius 1 is 0.284 bits per heavy atom. The monoisotopic (exact) mass is 1470 g/mol. The third kappa shape index (κ3) is 73.5. The standard InChI is InChI=1S/C83H140O17P2/c1-5-9-13-17-21-25-29-33-36-38-41-45-48-52-56-60-64-68-81(86)94-74-79(100-83(88)70-66-62-58-54-50-46-42-39-37-34-30-26-22-18-14-10-6-2)76-98-102(91,92)96-72-77(84)71-95-101(89,90)97-75-78(99-82(87)69-65-61-57-53-49-43-32-28-24-20-16-12-8-4)73-93-80(85)67-63-59-55-51-47-44-40-35-31-27-23-19-15-11-7-3/h9-11,13-15,21-23,25-27,33-37,40-42,45-46,77-79,84H,5-8,12,16-20,24,28-32,38-39,43-44,47-76H2,1-4H3,(H,89,90)(H,91,92)/b13-9-,14-10-,15-11-,25-21-,26-22-,27-23-,36-33-,37-34-,40-35-,45-41-,46-42-. The number of phosphoric acid groups is 2. The zero-order valence-electron chi connectivity index (χ0n) is 63.7. The van der Waals surface area contributed by atoms with Crippen LogP contribution in [0.4, 0.5) is 0 Å². The number of allylic oxidation sites excluding steroid dienone is 22. The Morgan fingerprint density at radius 3 is 0.784 bits per heavy atom. The summed E-state index contributed by atoms with van der Waals surface area (Å²) in [7, 11) is -9.98. The SMILES string of the molecule is CC/C=C\C/C=C\C/C=C\C/C=C\CCCCCCC(=O)OCC(COP(=O)(O)OCC(O)COP(=O)(O)OCC(COC(=O)CCCCCCC/C=C\C/C=C\C/C=C\CC)OC(=O)CCCCCCCCCCCCCCC)OC(=O)CCCCCC/C=C\C/C=C\C/C=C\C/C=C\CC. The molecule has 0 aromatic heterocycles. The third-order valence-electron chi connectivity index (χ3n) is 16.1. The number of ether oxygens (including phenoxy) is 4. The minimum absolute atomic E-state index is 0.0579. The summed E-state index contributed by atoms with van der Waals surface area (Å²) in [4.78, 5) is 73.0. The van der Waals surface area contributed by atoms with Crippen molar-refractivity contribution in [1.29, 1.82) is 0 Å². The fourth-order valence-corrected chi connectivity index (χ4v) is 11.8. The molecule has 0 bridgehead atoms. The van der Waals surface area contributed by atoms with Crippen molar-refractivity contribution in [2.24, 2.45) is 0 Å². The lowest BCUT2D eigenvalue weighted by atomic mass is 10.0. The highest BCUT2D eigenvalue weighted by atomic mass is 31.2. The number of rotatable bonds is 73. The average molecular weight is 1470 g/mol. The summed E-state index contributed by atoms with van der Waals surface area (Å²) >= 11 is 0. The van der Waals surface area contributed by atoms with Gasteiger partial charge in [-0.2, -0.15) is 0 Å². The molecule has 0 aliphatic rings.